The molecule has 0 aromatic heterocycles. The molecule has 0 atom stereocenters. The van der Waals surface area contributed by atoms with E-state index in [2.05, 4.69) is 66.3 Å². The Balaban J connectivity index is 2.48. The fraction of sp³-hybridized carbons (Fsp3) is 0.200. The van der Waals surface area contributed by atoms with Gasteiger partial charge in [0.1, 0.15) is 0 Å². The molecule has 3 aromatic rings. The third-order valence-electron chi connectivity index (χ3n) is 4.15. The summed E-state index contributed by atoms with van der Waals surface area (Å²) < 4.78 is 0. The minimum absolute atomic E-state index is 1.02. The van der Waals surface area contributed by atoms with E-state index < -0.39 is 0 Å². The standard InChI is InChI=1S/C20H20N2/c1-4-15-8-7-11-17-16-9-5-6-10-18(16)20(14(2)19(15)17)22-13-12-21-3/h5-13H,4H2,1-3H3/b21-12+,22-13-. The van der Waals surface area contributed by atoms with Crippen molar-refractivity contribution in [3.63, 3.8) is 0 Å². The molecule has 22 heavy (non-hydrogen) atoms. The molecule has 0 amide bonds. The zero-order valence-corrected chi connectivity index (χ0v) is 13.3. The van der Waals surface area contributed by atoms with Crippen LogP contribution in [-0.2, 0) is 6.42 Å². The summed E-state index contributed by atoms with van der Waals surface area (Å²) in [5.41, 5.74) is 3.66. The van der Waals surface area contributed by atoms with E-state index in [4.69, 9.17) is 0 Å². The van der Waals surface area contributed by atoms with Crippen LogP contribution >= 0.6 is 0 Å². The van der Waals surface area contributed by atoms with Crippen LogP contribution in [0.15, 0.2) is 52.4 Å². The lowest BCUT2D eigenvalue weighted by Gasteiger charge is -2.14. The molecule has 0 spiro atoms. The Morgan fingerprint density at radius 2 is 1.64 bits per heavy atom. The van der Waals surface area contributed by atoms with Crippen molar-refractivity contribution in [2.75, 3.05) is 7.05 Å². The Bertz CT molecular complexity index is 889. The van der Waals surface area contributed by atoms with Crippen molar-refractivity contribution in [3.8, 4) is 0 Å². The number of rotatable bonds is 3. The first-order valence-electron chi connectivity index (χ1n) is 7.65. The number of aryl methyl sites for hydroxylation is 2. The lowest BCUT2D eigenvalue weighted by Crippen LogP contribution is -1.90. The molecule has 3 aromatic carbocycles. The topological polar surface area (TPSA) is 24.7 Å². The van der Waals surface area contributed by atoms with Crippen LogP contribution in [0, 0.1) is 6.92 Å². The molecule has 0 aliphatic carbocycles. The fourth-order valence-corrected chi connectivity index (χ4v) is 3.15. The van der Waals surface area contributed by atoms with Gasteiger partial charge in [-0.1, -0.05) is 49.4 Å². The number of fused-ring (bicyclic) bond motifs is 3. The van der Waals surface area contributed by atoms with E-state index in [1.54, 1.807) is 19.5 Å². The summed E-state index contributed by atoms with van der Waals surface area (Å²) in [6.45, 7) is 4.37. The Hall–Kier alpha value is -2.48. The van der Waals surface area contributed by atoms with Gasteiger partial charge in [-0.3, -0.25) is 9.98 Å². The largest absolute Gasteiger partial charge is 0.295 e. The predicted octanol–water partition coefficient (Wildman–Crippen LogP) is 5.27. The second kappa shape index (κ2) is 6.10. The average Bonchev–Trinajstić information content (AvgIpc) is 2.57. The molecule has 0 saturated carbocycles. The van der Waals surface area contributed by atoms with Gasteiger partial charge in [-0.05, 0) is 40.6 Å². The molecule has 110 valence electrons. The SMILES string of the molecule is CCc1cccc2c1c(C)c(/N=C\C=N\C)c1ccccc12. The summed E-state index contributed by atoms with van der Waals surface area (Å²) in [6, 6.07) is 15.1. The molecule has 0 aliphatic rings. The van der Waals surface area contributed by atoms with Gasteiger partial charge in [0.15, 0.2) is 0 Å². The predicted molar refractivity (Wildman–Crippen MR) is 98.1 cm³/mol. The van der Waals surface area contributed by atoms with Crippen molar-refractivity contribution < 1.29 is 0 Å². The number of benzene rings is 3. The zero-order chi connectivity index (χ0) is 15.5. The zero-order valence-electron chi connectivity index (χ0n) is 13.3. The van der Waals surface area contributed by atoms with Crippen LogP contribution in [0.25, 0.3) is 21.5 Å². The van der Waals surface area contributed by atoms with Crippen LogP contribution in [-0.4, -0.2) is 19.5 Å². The highest BCUT2D eigenvalue weighted by atomic mass is 14.7. The van der Waals surface area contributed by atoms with Gasteiger partial charge >= 0.3 is 0 Å². The van der Waals surface area contributed by atoms with Gasteiger partial charge in [0, 0.05) is 24.9 Å². The molecular formula is C20H20N2. The quantitative estimate of drug-likeness (QED) is 0.463. The van der Waals surface area contributed by atoms with Crippen LogP contribution in [0.5, 0.6) is 0 Å². The summed E-state index contributed by atoms with van der Waals surface area (Å²) in [6.07, 6.45) is 4.52. The maximum atomic E-state index is 4.67. The van der Waals surface area contributed by atoms with Crippen molar-refractivity contribution in [3.05, 3.63) is 53.6 Å². The van der Waals surface area contributed by atoms with Crippen LogP contribution < -0.4 is 0 Å². The lowest BCUT2D eigenvalue weighted by molar-refractivity contribution is 1.16. The second-order valence-corrected chi connectivity index (χ2v) is 5.40. The molecule has 0 radical (unpaired) electrons. The highest BCUT2D eigenvalue weighted by molar-refractivity contribution is 6.20. The number of aliphatic imine (C=N–C) groups is 2. The smallest absolute Gasteiger partial charge is 0.0744 e. The Labute approximate surface area is 131 Å². The third-order valence-corrected chi connectivity index (χ3v) is 4.15. The first-order chi connectivity index (χ1) is 10.8. The maximum Gasteiger partial charge on any atom is 0.0744 e. The summed E-state index contributed by atoms with van der Waals surface area (Å²) in [5, 5.41) is 5.11. The minimum Gasteiger partial charge on any atom is -0.295 e. The molecule has 0 bridgehead atoms. The van der Waals surface area contributed by atoms with Crippen LogP contribution in [0.3, 0.4) is 0 Å². The Morgan fingerprint density at radius 1 is 0.909 bits per heavy atom. The van der Waals surface area contributed by atoms with Crippen molar-refractivity contribution >= 4 is 39.7 Å². The van der Waals surface area contributed by atoms with Gasteiger partial charge in [0.2, 0.25) is 0 Å². The van der Waals surface area contributed by atoms with Gasteiger partial charge in [0.25, 0.3) is 0 Å². The van der Waals surface area contributed by atoms with E-state index in [9.17, 15) is 0 Å². The van der Waals surface area contributed by atoms with Crippen molar-refractivity contribution in [1.29, 1.82) is 0 Å². The average molecular weight is 288 g/mol. The maximum absolute atomic E-state index is 4.67. The van der Waals surface area contributed by atoms with E-state index in [1.807, 2.05) is 0 Å². The molecule has 2 heteroatoms. The molecule has 2 nitrogen and oxygen atoms in total. The van der Waals surface area contributed by atoms with Gasteiger partial charge in [0.05, 0.1) is 5.69 Å². The molecule has 0 saturated heterocycles. The first kappa shape index (κ1) is 14.5. The highest BCUT2D eigenvalue weighted by Crippen LogP contribution is 2.39. The summed E-state index contributed by atoms with van der Waals surface area (Å²) in [7, 11) is 1.76. The molecule has 0 unspecified atom stereocenters. The second-order valence-electron chi connectivity index (χ2n) is 5.40. The third kappa shape index (κ3) is 2.31. The van der Waals surface area contributed by atoms with Crippen LogP contribution in [0.4, 0.5) is 5.69 Å². The Kier molecular flexibility index (Phi) is 4.01. The fourth-order valence-electron chi connectivity index (χ4n) is 3.15. The summed E-state index contributed by atoms with van der Waals surface area (Å²) in [4.78, 5) is 8.66. The molecule has 0 fully saturated rings. The van der Waals surface area contributed by atoms with Crippen LogP contribution in [0.2, 0.25) is 0 Å². The molecule has 0 heterocycles. The van der Waals surface area contributed by atoms with Crippen molar-refractivity contribution in [1.82, 2.24) is 0 Å². The van der Waals surface area contributed by atoms with E-state index in [1.165, 1.54) is 32.7 Å². The molecule has 3 rings (SSSR count). The molecular weight excluding hydrogens is 268 g/mol. The number of hydrogen-bond donors (Lipinski definition) is 0. The number of nitrogens with zero attached hydrogens (tertiary/aromatic N) is 2. The monoisotopic (exact) mass is 288 g/mol. The van der Waals surface area contributed by atoms with Gasteiger partial charge in [-0.25, -0.2) is 0 Å². The van der Waals surface area contributed by atoms with Crippen molar-refractivity contribution in [2.45, 2.75) is 20.3 Å². The summed E-state index contributed by atoms with van der Waals surface area (Å²) in [5.74, 6) is 0. The van der Waals surface area contributed by atoms with Crippen molar-refractivity contribution in [2.24, 2.45) is 9.98 Å². The first-order valence-corrected chi connectivity index (χ1v) is 7.65. The van der Waals surface area contributed by atoms with Gasteiger partial charge in [-0.15, -0.1) is 0 Å². The molecule has 0 N–H and O–H groups in total. The minimum atomic E-state index is 1.02. The summed E-state index contributed by atoms with van der Waals surface area (Å²) >= 11 is 0. The van der Waals surface area contributed by atoms with E-state index in [0.29, 0.717) is 0 Å². The molecule has 0 aliphatic heterocycles. The highest BCUT2D eigenvalue weighted by Gasteiger charge is 2.12. The Morgan fingerprint density at radius 3 is 2.36 bits per heavy atom. The van der Waals surface area contributed by atoms with Gasteiger partial charge in [-0.2, -0.15) is 0 Å². The van der Waals surface area contributed by atoms with Crippen LogP contribution in [0.1, 0.15) is 18.1 Å². The normalized spacial score (nSPS) is 12.1. The van der Waals surface area contributed by atoms with E-state index >= 15 is 0 Å². The van der Waals surface area contributed by atoms with Gasteiger partial charge < -0.3 is 0 Å². The lowest BCUT2D eigenvalue weighted by atomic mass is 9.92. The number of hydrogen-bond acceptors (Lipinski definition) is 2. The van der Waals surface area contributed by atoms with E-state index in [-0.39, 0.29) is 0 Å². The van der Waals surface area contributed by atoms with E-state index in [0.717, 1.165) is 12.1 Å².